The monoisotopic (exact) mass is 269 g/mol. The number of carbonyl (C=O) groups is 1. The summed E-state index contributed by atoms with van der Waals surface area (Å²) in [5, 5.41) is 3.01. The van der Waals surface area contributed by atoms with Crippen LogP contribution in [0.2, 0.25) is 0 Å². The first-order valence-electron chi connectivity index (χ1n) is 6.62. The van der Waals surface area contributed by atoms with E-state index in [2.05, 4.69) is 5.32 Å². The number of benzene rings is 2. The number of rotatable bonds is 4. The summed E-state index contributed by atoms with van der Waals surface area (Å²) in [6.45, 7) is 3.91. The Kier molecular flexibility index (Phi) is 4.41. The Labute approximate surface area is 119 Å². The third-order valence-corrected chi connectivity index (χ3v) is 3.35. The zero-order chi connectivity index (χ0) is 14.5. The van der Waals surface area contributed by atoms with Gasteiger partial charge in [-0.05, 0) is 43.2 Å². The topological polar surface area (TPSA) is 38.3 Å². The van der Waals surface area contributed by atoms with Gasteiger partial charge in [0.25, 0.3) is 5.91 Å². The summed E-state index contributed by atoms with van der Waals surface area (Å²) in [5.41, 5.74) is 2.74. The number of carbonyl (C=O) groups excluding carboxylic acids is 1. The average molecular weight is 269 g/mol. The number of aryl methyl sites for hydroxylation is 1. The van der Waals surface area contributed by atoms with Crippen molar-refractivity contribution < 1.29 is 9.53 Å². The molecule has 3 heteroatoms. The lowest BCUT2D eigenvalue weighted by molar-refractivity contribution is 0.0939. The van der Waals surface area contributed by atoms with Gasteiger partial charge in [-0.3, -0.25) is 4.79 Å². The fourth-order valence-corrected chi connectivity index (χ4v) is 2.08. The zero-order valence-electron chi connectivity index (χ0n) is 12.0. The second-order valence-electron chi connectivity index (χ2n) is 4.78. The minimum absolute atomic E-state index is 0.0481. The number of amides is 1. The summed E-state index contributed by atoms with van der Waals surface area (Å²) >= 11 is 0. The lowest BCUT2D eigenvalue weighted by Crippen LogP contribution is -2.27. The fraction of sp³-hybridized carbons (Fsp3) is 0.235. The Morgan fingerprint density at radius 2 is 1.75 bits per heavy atom. The number of hydrogen-bond donors (Lipinski definition) is 1. The van der Waals surface area contributed by atoms with Crippen LogP contribution >= 0.6 is 0 Å². The second kappa shape index (κ2) is 6.24. The molecule has 0 spiro atoms. The molecule has 3 nitrogen and oxygen atoms in total. The van der Waals surface area contributed by atoms with Crippen LogP contribution in [0.25, 0.3) is 0 Å². The Balaban J connectivity index is 2.09. The van der Waals surface area contributed by atoms with Crippen LogP contribution in [0.5, 0.6) is 5.75 Å². The van der Waals surface area contributed by atoms with Gasteiger partial charge in [-0.15, -0.1) is 0 Å². The predicted molar refractivity (Wildman–Crippen MR) is 80.1 cm³/mol. The van der Waals surface area contributed by atoms with E-state index in [0.717, 1.165) is 16.9 Å². The summed E-state index contributed by atoms with van der Waals surface area (Å²) in [6.07, 6.45) is 0. The molecule has 1 amide bonds. The van der Waals surface area contributed by atoms with Crippen LogP contribution in [0, 0.1) is 6.92 Å². The van der Waals surface area contributed by atoms with Crippen molar-refractivity contribution in [3.63, 3.8) is 0 Å². The third kappa shape index (κ3) is 3.18. The highest BCUT2D eigenvalue weighted by atomic mass is 16.5. The number of nitrogens with one attached hydrogen (secondary N) is 1. The number of hydrogen-bond acceptors (Lipinski definition) is 2. The van der Waals surface area contributed by atoms with Crippen molar-refractivity contribution in [2.24, 2.45) is 0 Å². The maximum Gasteiger partial charge on any atom is 0.252 e. The molecule has 2 rings (SSSR count). The molecule has 0 aliphatic heterocycles. The fourth-order valence-electron chi connectivity index (χ4n) is 2.08. The van der Waals surface area contributed by atoms with E-state index in [-0.39, 0.29) is 11.9 Å². The highest BCUT2D eigenvalue weighted by molar-refractivity contribution is 5.95. The molecule has 0 heterocycles. The van der Waals surface area contributed by atoms with Crippen LogP contribution < -0.4 is 10.1 Å². The van der Waals surface area contributed by atoms with Crippen LogP contribution in [-0.2, 0) is 0 Å². The molecule has 1 N–H and O–H groups in total. The first kappa shape index (κ1) is 14.1. The van der Waals surface area contributed by atoms with E-state index in [0.29, 0.717) is 5.56 Å². The highest BCUT2D eigenvalue weighted by Crippen LogP contribution is 2.18. The summed E-state index contributed by atoms with van der Waals surface area (Å²) < 4.78 is 5.13. The van der Waals surface area contributed by atoms with Crippen molar-refractivity contribution in [2.75, 3.05) is 7.11 Å². The molecule has 104 valence electrons. The minimum Gasteiger partial charge on any atom is -0.497 e. The van der Waals surface area contributed by atoms with Crippen LogP contribution in [-0.4, -0.2) is 13.0 Å². The molecule has 0 aliphatic rings. The Bertz CT molecular complexity index is 590. The SMILES string of the molecule is COc1ccc([C@H](C)NC(=O)c2ccccc2C)cc1. The number of methoxy groups -OCH3 is 1. The molecule has 20 heavy (non-hydrogen) atoms. The molecule has 0 unspecified atom stereocenters. The molecule has 0 bridgehead atoms. The van der Waals surface area contributed by atoms with E-state index in [1.54, 1.807) is 7.11 Å². The van der Waals surface area contributed by atoms with Crippen molar-refractivity contribution in [1.29, 1.82) is 0 Å². The van der Waals surface area contributed by atoms with E-state index in [1.807, 2.05) is 62.4 Å². The molecular weight excluding hydrogens is 250 g/mol. The first-order chi connectivity index (χ1) is 9.61. The average Bonchev–Trinajstić information content (AvgIpc) is 2.47. The van der Waals surface area contributed by atoms with Gasteiger partial charge in [0.15, 0.2) is 0 Å². The van der Waals surface area contributed by atoms with Gasteiger partial charge in [0.05, 0.1) is 13.2 Å². The van der Waals surface area contributed by atoms with E-state index in [1.165, 1.54) is 0 Å². The van der Waals surface area contributed by atoms with Crippen molar-refractivity contribution in [1.82, 2.24) is 5.32 Å². The van der Waals surface area contributed by atoms with Gasteiger partial charge in [0.1, 0.15) is 5.75 Å². The summed E-state index contributed by atoms with van der Waals surface area (Å²) in [6, 6.07) is 15.2. The van der Waals surface area contributed by atoms with Gasteiger partial charge in [-0.25, -0.2) is 0 Å². The number of ether oxygens (including phenoxy) is 1. The Morgan fingerprint density at radius 1 is 1.10 bits per heavy atom. The Morgan fingerprint density at radius 3 is 2.35 bits per heavy atom. The molecule has 2 aromatic carbocycles. The maximum atomic E-state index is 12.2. The van der Waals surface area contributed by atoms with Gasteiger partial charge in [0.2, 0.25) is 0 Å². The van der Waals surface area contributed by atoms with Gasteiger partial charge >= 0.3 is 0 Å². The molecule has 0 fully saturated rings. The second-order valence-corrected chi connectivity index (χ2v) is 4.78. The van der Waals surface area contributed by atoms with E-state index >= 15 is 0 Å². The van der Waals surface area contributed by atoms with Gasteiger partial charge in [0, 0.05) is 5.56 Å². The van der Waals surface area contributed by atoms with Crippen LogP contribution in [0.4, 0.5) is 0 Å². The quantitative estimate of drug-likeness (QED) is 0.922. The van der Waals surface area contributed by atoms with Crippen molar-refractivity contribution in [2.45, 2.75) is 19.9 Å². The van der Waals surface area contributed by atoms with E-state index in [4.69, 9.17) is 4.74 Å². The predicted octanol–water partition coefficient (Wildman–Crippen LogP) is 3.49. The molecular formula is C17H19NO2. The lowest BCUT2D eigenvalue weighted by Gasteiger charge is -2.15. The highest BCUT2D eigenvalue weighted by Gasteiger charge is 2.12. The molecule has 0 radical (unpaired) electrons. The van der Waals surface area contributed by atoms with Crippen molar-refractivity contribution >= 4 is 5.91 Å². The summed E-state index contributed by atoms with van der Waals surface area (Å²) in [5.74, 6) is 0.762. The first-order valence-corrected chi connectivity index (χ1v) is 6.62. The molecule has 1 atom stereocenters. The largest absolute Gasteiger partial charge is 0.497 e. The maximum absolute atomic E-state index is 12.2. The van der Waals surface area contributed by atoms with Crippen molar-refractivity contribution in [3.05, 3.63) is 65.2 Å². The molecule has 0 saturated heterocycles. The van der Waals surface area contributed by atoms with Crippen LogP contribution in [0.3, 0.4) is 0 Å². The van der Waals surface area contributed by atoms with Crippen molar-refractivity contribution in [3.8, 4) is 5.75 Å². The molecule has 2 aromatic rings. The smallest absolute Gasteiger partial charge is 0.252 e. The molecule has 0 aromatic heterocycles. The van der Waals surface area contributed by atoms with Gasteiger partial charge in [-0.2, -0.15) is 0 Å². The Hall–Kier alpha value is -2.29. The van der Waals surface area contributed by atoms with Crippen LogP contribution in [0.15, 0.2) is 48.5 Å². The summed E-state index contributed by atoms with van der Waals surface area (Å²) in [4.78, 5) is 12.2. The standard InChI is InChI=1S/C17H19NO2/c1-12-6-4-5-7-16(12)17(19)18-13(2)14-8-10-15(20-3)11-9-14/h4-11,13H,1-3H3,(H,18,19)/t13-/m0/s1. The van der Waals surface area contributed by atoms with E-state index in [9.17, 15) is 4.79 Å². The zero-order valence-corrected chi connectivity index (χ0v) is 12.0. The lowest BCUT2D eigenvalue weighted by atomic mass is 10.1. The molecule has 0 saturated carbocycles. The summed E-state index contributed by atoms with van der Waals surface area (Å²) in [7, 11) is 1.64. The molecule has 0 aliphatic carbocycles. The minimum atomic E-state index is -0.0496. The normalized spacial score (nSPS) is 11.8. The third-order valence-electron chi connectivity index (χ3n) is 3.35. The van der Waals surface area contributed by atoms with Gasteiger partial charge in [-0.1, -0.05) is 30.3 Å². The van der Waals surface area contributed by atoms with E-state index < -0.39 is 0 Å². The van der Waals surface area contributed by atoms with Gasteiger partial charge < -0.3 is 10.1 Å². The van der Waals surface area contributed by atoms with Crippen LogP contribution in [0.1, 0.15) is 34.5 Å².